The zero-order chi connectivity index (χ0) is 15.2. The van der Waals surface area contributed by atoms with Crippen molar-refractivity contribution in [2.24, 2.45) is 0 Å². The third-order valence-corrected chi connectivity index (χ3v) is 3.93. The average molecular weight is 294 g/mol. The van der Waals surface area contributed by atoms with E-state index in [1.54, 1.807) is 12.1 Å². The smallest absolute Gasteiger partial charge is 0.236 e. The maximum absolute atomic E-state index is 14.0. The summed E-state index contributed by atoms with van der Waals surface area (Å²) >= 11 is 0. The molecule has 1 fully saturated rings. The van der Waals surface area contributed by atoms with E-state index in [1.165, 1.54) is 19.6 Å². The molecule has 0 radical (unpaired) electrons. The van der Waals surface area contributed by atoms with Crippen LogP contribution in [0.2, 0.25) is 0 Å². The highest BCUT2D eigenvalue weighted by molar-refractivity contribution is 5.78. The molecule has 1 unspecified atom stereocenters. The van der Waals surface area contributed by atoms with Crippen LogP contribution in [0.5, 0.6) is 5.75 Å². The van der Waals surface area contributed by atoms with Crippen molar-refractivity contribution in [3.05, 3.63) is 29.6 Å². The van der Waals surface area contributed by atoms with Crippen LogP contribution in [0.3, 0.4) is 0 Å². The van der Waals surface area contributed by atoms with Crippen LogP contribution in [-0.4, -0.2) is 37.6 Å². The first kappa shape index (κ1) is 15.8. The van der Waals surface area contributed by atoms with E-state index in [4.69, 9.17) is 4.74 Å². The number of hydrogen-bond donors (Lipinski definition) is 1. The fourth-order valence-electron chi connectivity index (χ4n) is 2.71. The number of benzene rings is 1. The van der Waals surface area contributed by atoms with Crippen LogP contribution in [0.1, 0.15) is 37.8 Å². The molecule has 1 amide bonds. The van der Waals surface area contributed by atoms with E-state index in [0.717, 1.165) is 25.9 Å². The molecule has 1 aromatic rings. The van der Waals surface area contributed by atoms with Gasteiger partial charge in [0.1, 0.15) is 11.6 Å². The Morgan fingerprint density at radius 2 is 2.10 bits per heavy atom. The van der Waals surface area contributed by atoms with Crippen LogP contribution in [0.4, 0.5) is 4.39 Å². The lowest BCUT2D eigenvalue weighted by molar-refractivity contribution is -0.131. The minimum Gasteiger partial charge on any atom is -0.496 e. The zero-order valence-corrected chi connectivity index (χ0v) is 12.7. The second kappa shape index (κ2) is 7.41. The molecule has 1 aromatic carbocycles. The van der Waals surface area contributed by atoms with Gasteiger partial charge in [-0.25, -0.2) is 4.39 Å². The summed E-state index contributed by atoms with van der Waals surface area (Å²) in [5, 5.41) is 3.10. The Hall–Kier alpha value is -1.62. The lowest BCUT2D eigenvalue weighted by atomic mass is 10.1. The van der Waals surface area contributed by atoms with Gasteiger partial charge in [0.15, 0.2) is 0 Å². The first-order valence-electron chi connectivity index (χ1n) is 7.47. The van der Waals surface area contributed by atoms with E-state index in [1.807, 2.05) is 11.8 Å². The highest BCUT2D eigenvalue weighted by atomic mass is 19.1. The number of likely N-dealkylation sites (tertiary alicyclic amines) is 1. The Kier molecular flexibility index (Phi) is 5.56. The molecule has 0 aromatic heterocycles. The fraction of sp³-hybridized carbons (Fsp3) is 0.562. The molecule has 0 saturated carbocycles. The summed E-state index contributed by atoms with van der Waals surface area (Å²) in [7, 11) is 1.52. The van der Waals surface area contributed by atoms with Crippen molar-refractivity contribution < 1.29 is 13.9 Å². The van der Waals surface area contributed by atoms with Gasteiger partial charge in [-0.15, -0.1) is 0 Å². The molecule has 4 nitrogen and oxygen atoms in total. The van der Waals surface area contributed by atoms with Crippen molar-refractivity contribution >= 4 is 5.91 Å². The number of methoxy groups -OCH3 is 1. The van der Waals surface area contributed by atoms with Gasteiger partial charge in [0.2, 0.25) is 5.91 Å². The summed E-state index contributed by atoms with van der Waals surface area (Å²) in [6, 6.07) is 4.46. The molecule has 5 heteroatoms. The number of ether oxygens (including phenoxy) is 1. The van der Waals surface area contributed by atoms with Crippen molar-refractivity contribution in [3.63, 3.8) is 0 Å². The fourth-order valence-corrected chi connectivity index (χ4v) is 2.71. The van der Waals surface area contributed by atoms with Gasteiger partial charge >= 0.3 is 0 Å². The second-order valence-electron chi connectivity index (χ2n) is 5.40. The lowest BCUT2D eigenvalue weighted by Gasteiger charge is -2.27. The number of hydrogen-bond acceptors (Lipinski definition) is 3. The summed E-state index contributed by atoms with van der Waals surface area (Å²) < 4.78 is 19.1. The molecule has 21 heavy (non-hydrogen) atoms. The minimum absolute atomic E-state index is 0.0804. The van der Waals surface area contributed by atoms with E-state index in [0.29, 0.717) is 11.3 Å². The molecule has 0 bridgehead atoms. The molecule has 1 N–H and O–H groups in total. The first-order chi connectivity index (χ1) is 10.1. The average Bonchev–Trinajstić information content (AvgIpc) is 2.52. The van der Waals surface area contributed by atoms with Crippen LogP contribution in [0.15, 0.2) is 18.2 Å². The van der Waals surface area contributed by atoms with Crippen LogP contribution in [0.25, 0.3) is 0 Å². The first-order valence-corrected chi connectivity index (χ1v) is 7.47. The van der Waals surface area contributed by atoms with Gasteiger partial charge in [-0.05, 0) is 38.3 Å². The van der Waals surface area contributed by atoms with Crippen LogP contribution >= 0.6 is 0 Å². The van der Waals surface area contributed by atoms with Gasteiger partial charge in [-0.2, -0.15) is 0 Å². The normalized spacial score (nSPS) is 16.6. The molecule has 1 aliphatic rings. The molecular formula is C16H23FN2O2. The Balaban J connectivity index is 1.95. The Morgan fingerprint density at radius 3 is 2.76 bits per heavy atom. The predicted octanol–water partition coefficient (Wildman–Crippen LogP) is 2.50. The second-order valence-corrected chi connectivity index (χ2v) is 5.40. The molecule has 0 aliphatic carbocycles. The number of nitrogens with one attached hydrogen (secondary N) is 1. The molecule has 0 spiro atoms. The quantitative estimate of drug-likeness (QED) is 0.907. The number of carbonyl (C=O) groups is 1. The molecule has 1 atom stereocenters. The topological polar surface area (TPSA) is 41.6 Å². The van der Waals surface area contributed by atoms with E-state index in [-0.39, 0.29) is 24.3 Å². The summed E-state index contributed by atoms with van der Waals surface area (Å²) in [4.78, 5) is 14.0. The molecule has 116 valence electrons. The highest BCUT2D eigenvalue weighted by Gasteiger charge is 2.20. The summed E-state index contributed by atoms with van der Waals surface area (Å²) in [5.74, 6) is 0.261. The zero-order valence-electron chi connectivity index (χ0n) is 12.7. The van der Waals surface area contributed by atoms with Gasteiger partial charge in [-0.3, -0.25) is 4.79 Å². The number of rotatable bonds is 5. The molecule has 1 aliphatic heterocycles. The largest absolute Gasteiger partial charge is 0.496 e. The van der Waals surface area contributed by atoms with E-state index in [2.05, 4.69) is 5.32 Å². The Bertz CT molecular complexity index is 487. The third kappa shape index (κ3) is 3.94. The van der Waals surface area contributed by atoms with Gasteiger partial charge in [0.05, 0.1) is 13.7 Å². The van der Waals surface area contributed by atoms with Crippen molar-refractivity contribution in [1.29, 1.82) is 0 Å². The number of piperidine rings is 1. The number of amides is 1. The van der Waals surface area contributed by atoms with E-state index in [9.17, 15) is 9.18 Å². The van der Waals surface area contributed by atoms with Crippen molar-refractivity contribution in [1.82, 2.24) is 10.2 Å². The summed E-state index contributed by atoms with van der Waals surface area (Å²) in [6.45, 7) is 3.72. The van der Waals surface area contributed by atoms with Crippen molar-refractivity contribution in [2.75, 3.05) is 26.7 Å². The minimum atomic E-state index is -0.320. The third-order valence-electron chi connectivity index (χ3n) is 3.93. The maximum Gasteiger partial charge on any atom is 0.236 e. The molecule has 2 rings (SSSR count). The van der Waals surface area contributed by atoms with Gasteiger partial charge in [0.25, 0.3) is 0 Å². The van der Waals surface area contributed by atoms with Gasteiger partial charge in [0, 0.05) is 24.7 Å². The summed E-state index contributed by atoms with van der Waals surface area (Å²) in [6.07, 6.45) is 3.34. The number of carbonyl (C=O) groups excluding carboxylic acids is 1. The number of nitrogens with zero attached hydrogens (tertiary/aromatic N) is 1. The van der Waals surface area contributed by atoms with Crippen LogP contribution in [0, 0.1) is 5.82 Å². The van der Waals surface area contributed by atoms with Gasteiger partial charge in [-0.1, -0.05) is 6.07 Å². The van der Waals surface area contributed by atoms with Crippen LogP contribution in [-0.2, 0) is 4.79 Å². The maximum atomic E-state index is 14.0. The SMILES string of the molecule is COc1cccc(F)c1C(C)NCC(=O)N1CCCCC1. The van der Waals surface area contributed by atoms with E-state index < -0.39 is 0 Å². The van der Waals surface area contributed by atoms with Crippen LogP contribution < -0.4 is 10.1 Å². The predicted molar refractivity (Wildman–Crippen MR) is 79.8 cm³/mol. The molecule has 1 saturated heterocycles. The summed E-state index contributed by atoms with van der Waals surface area (Å²) in [5.41, 5.74) is 0.464. The van der Waals surface area contributed by atoms with Crippen molar-refractivity contribution in [2.45, 2.75) is 32.2 Å². The lowest BCUT2D eigenvalue weighted by Crippen LogP contribution is -2.41. The highest BCUT2D eigenvalue weighted by Crippen LogP contribution is 2.27. The molecular weight excluding hydrogens is 271 g/mol. The van der Waals surface area contributed by atoms with Gasteiger partial charge < -0.3 is 15.0 Å². The number of halogens is 1. The van der Waals surface area contributed by atoms with E-state index >= 15 is 0 Å². The standard InChI is InChI=1S/C16H23FN2O2/c1-12(16-13(17)7-6-8-14(16)21-2)18-11-15(20)19-9-4-3-5-10-19/h6-8,12,18H,3-5,9-11H2,1-2H3. The Labute approximate surface area is 125 Å². The molecule has 1 heterocycles. The monoisotopic (exact) mass is 294 g/mol. The Morgan fingerprint density at radius 1 is 1.38 bits per heavy atom. The van der Waals surface area contributed by atoms with Crippen molar-refractivity contribution in [3.8, 4) is 5.75 Å².